The molecule has 3 heterocycles. The van der Waals surface area contributed by atoms with Crippen molar-refractivity contribution in [2.45, 2.75) is 39.4 Å². The number of hydrogen-bond acceptors (Lipinski definition) is 6. The molecule has 0 amide bonds. The van der Waals surface area contributed by atoms with Gasteiger partial charge in [0.25, 0.3) is 5.56 Å². The first-order valence-corrected chi connectivity index (χ1v) is 10.7. The number of benzene rings is 1. The van der Waals surface area contributed by atoms with Crippen LogP contribution in [0.2, 0.25) is 0 Å². The first-order valence-electron chi connectivity index (χ1n) is 9.91. The van der Waals surface area contributed by atoms with Gasteiger partial charge in [-0.05, 0) is 35.7 Å². The van der Waals surface area contributed by atoms with Crippen LogP contribution >= 0.6 is 11.3 Å². The Morgan fingerprint density at radius 2 is 1.94 bits per heavy atom. The molecule has 1 atom stereocenters. The molecular formula is C22H19F3N4O3S. The number of hydrogen-bond donors (Lipinski definition) is 1. The van der Waals surface area contributed by atoms with Crippen LogP contribution in [0.1, 0.15) is 43.0 Å². The topological polar surface area (TPSA) is 98.0 Å². The van der Waals surface area contributed by atoms with Crippen molar-refractivity contribution in [2.24, 2.45) is 5.41 Å². The van der Waals surface area contributed by atoms with E-state index in [4.69, 9.17) is 0 Å². The number of carbonyl (C=O) groups is 1. The molecule has 0 bridgehead atoms. The molecule has 0 aliphatic rings. The zero-order chi connectivity index (χ0) is 24.1. The van der Waals surface area contributed by atoms with E-state index in [1.165, 1.54) is 12.3 Å². The third kappa shape index (κ3) is 4.32. The molecule has 3 aromatic heterocycles. The summed E-state index contributed by atoms with van der Waals surface area (Å²) in [6.07, 6.45) is -3.03. The number of rotatable bonds is 4. The summed E-state index contributed by atoms with van der Waals surface area (Å²) < 4.78 is 40.7. The van der Waals surface area contributed by atoms with Gasteiger partial charge in [0.1, 0.15) is 16.6 Å². The molecule has 33 heavy (non-hydrogen) atoms. The predicted octanol–water partition coefficient (Wildman–Crippen LogP) is 4.68. The molecule has 0 radical (unpaired) electrons. The number of carboxylic acid groups (broad SMARTS) is 1. The van der Waals surface area contributed by atoms with E-state index in [9.17, 15) is 27.9 Å². The third-order valence-corrected chi connectivity index (χ3v) is 6.20. The fourth-order valence-corrected chi connectivity index (χ4v) is 4.62. The van der Waals surface area contributed by atoms with Crippen molar-refractivity contribution in [2.75, 3.05) is 0 Å². The van der Waals surface area contributed by atoms with Crippen molar-refractivity contribution in [3.05, 3.63) is 63.1 Å². The molecule has 0 saturated carbocycles. The van der Waals surface area contributed by atoms with E-state index in [2.05, 4.69) is 15.1 Å². The molecular weight excluding hydrogens is 457 g/mol. The van der Waals surface area contributed by atoms with Gasteiger partial charge in [-0.15, -0.1) is 11.3 Å². The van der Waals surface area contributed by atoms with E-state index >= 15 is 0 Å². The molecule has 4 rings (SSSR count). The third-order valence-electron chi connectivity index (χ3n) is 5.17. The van der Waals surface area contributed by atoms with Crippen molar-refractivity contribution < 1.29 is 23.1 Å². The van der Waals surface area contributed by atoms with E-state index < -0.39 is 34.6 Å². The van der Waals surface area contributed by atoms with Gasteiger partial charge >= 0.3 is 12.1 Å². The molecule has 1 aromatic carbocycles. The Labute approximate surface area is 189 Å². The summed E-state index contributed by atoms with van der Waals surface area (Å²) in [6, 6.07) is 6.39. The lowest BCUT2D eigenvalue weighted by Crippen LogP contribution is -2.32. The van der Waals surface area contributed by atoms with Crippen molar-refractivity contribution in [1.82, 2.24) is 19.7 Å². The largest absolute Gasteiger partial charge is 0.481 e. The highest BCUT2D eigenvalue weighted by atomic mass is 32.1. The molecule has 0 aliphatic carbocycles. The Morgan fingerprint density at radius 1 is 1.21 bits per heavy atom. The second-order valence-corrected chi connectivity index (χ2v) is 9.79. The maximum atomic E-state index is 13.1. The number of halogens is 3. The van der Waals surface area contributed by atoms with E-state index in [0.29, 0.717) is 9.71 Å². The van der Waals surface area contributed by atoms with Gasteiger partial charge in [-0.25, -0.2) is 9.67 Å². The molecule has 172 valence electrons. The van der Waals surface area contributed by atoms with E-state index in [1.54, 1.807) is 32.9 Å². The molecule has 0 fully saturated rings. The maximum Gasteiger partial charge on any atom is 0.416 e. The molecule has 7 nitrogen and oxygen atoms in total. The van der Waals surface area contributed by atoms with Crippen molar-refractivity contribution in [1.29, 1.82) is 0 Å². The Kier molecular flexibility index (Phi) is 5.47. The lowest BCUT2D eigenvalue weighted by molar-refractivity contribution is -0.141. The number of alkyl halides is 3. The lowest BCUT2D eigenvalue weighted by atomic mass is 9.78. The summed E-state index contributed by atoms with van der Waals surface area (Å²) in [5.41, 5.74) is -1.51. The zero-order valence-corrected chi connectivity index (χ0v) is 18.7. The molecule has 1 N–H and O–H groups in total. The normalized spacial score (nSPS) is 13.5. The highest BCUT2D eigenvalue weighted by molar-refractivity contribution is 7.18. The number of thiazole rings is 1. The van der Waals surface area contributed by atoms with Crippen LogP contribution in [-0.4, -0.2) is 30.8 Å². The smallest absolute Gasteiger partial charge is 0.416 e. The standard InChI is InChI=1S/C22H19F3N4O3S/c1-21(2,3)16(20(31)32)18-17-12(5-4-8-26-17)19(30)29(28-18)10-15-27-13-9-11(22(23,24)25)6-7-14(13)33-15/h4-9,16H,10H2,1-3H3,(H,31,32). The summed E-state index contributed by atoms with van der Waals surface area (Å²) in [6.45, 7) is 5.14. The van der Waals surface area contributed by atoms with Crippen LogP contribution in [0.25, 0.3) is 21.1 Å². The first kappa shape index (κ1) is 22.8. The predicted molar refractivity (Wildman–Crippen MR) is 117 cm³/mol. The van der Waals surface area contributed by atoms with E-state index in [-0.39, 0.29) is 28.7 Å². The van der Waals surface area contributed by atoms with Gasteiger partial charge in [-0.3, -0.25) is 14.6 Å². The number of aliphatic carboxylic acids is 1. The summed E-state index contributed by atoms with van der Waals surface area (Å²) >= 11 is 1.14. The minimum Gasteiger partial charge on any atom is -0.481 e. The molecule has 0 aliphatic heterocycles. The van der Waals surface area contributed by atoms with Crippen LogP contribution in [-0.2, 0) is 17.5 Å². The molecule has 11 heteroatoms. The highest BCUT2D eigenvalue weighted by Crippen LogP contribution is 2.36. The maximum absolute atomic E-state index is 13.1. The number of fused-ring (bicyclic) bond motifs is 2. The Bertz CT molecular complexity index is 1440. The Morgan fingerprint density at radius 3 is 2.58 bits per heavy atom. The highest BCUT2D eigenvalue weighted by Gasteiger charge is 2.37. The van der Waals surface area contributed by atoms with Gasteiger partial charge in [0.15, 0.2) is 0 Å². The summed E-state index contributed by atoms with van der Waals surface area (Å²) in [5.74, 6) is -2.15. The monoisotopic (exact) mass is 476 g/mol. The van der Waals surface area contributed by atoms with Crippen LogP contribution in [0.5, 0.6) is 0 Å². The van der Waals surface area contributed by atoms with Crippen LogP contribution in [0.15, 0.2) is 41.3 Å². The molecule has 1 unspecified atom stereocenters. The summed E-state index contributed by atoms with van der Waals surface area (Å²) in [5, 5.41) is 14.8. The van der Waals surface area contributed by atoms with Crippen LogP contribution < -0.4 is 5.56 Å². The van der Waals surface area contributed by atoms with Crippen molar-refractivity contribution in [3.63, 3.8) is 0 Å². The van der Waals surface area contributed by atoms with Gasteiger partial charge in [-0.1, -0.05) is 20.8 Å². The average molecular weight is 476 g/mol. The second kappa shape index (κ2) is 7.91. The fraction of sp³-hybridized carbons (Fsp3) is 0.318. The number of pyridine rings is 1. The number of carboxylic acids is 1. The Balaban J connectivity index is 1.86. The number of aromatic nitrogens is 4. The quantitative estimate of drug-likeness (QED) is 0.459. The van der Waals surface area contributed by atoms with Crippen LogP contribution in [0.4, 0.5) is 13.2 Å². The van der Waals surface area contributed by atoms with Gasteiger partial charge in [0.05, 0.1) is 33.2 Å². The summed E-state index contributed by atoms with van der Waals surface area (Å²) in [7, 11) is 0. The zero-order valence-electron chi connectivity index (χ0n) is 17.8. The molecule has 0 saturated heterocycles. The van der Waals surface area contributed by atoms with Gasteiger partial charge in [0.2, 0.25) is 0 Å². The van der Waals surface area contributed by atoms with Gasteiger partial charge in [0, 0.05) is 6.20 Å². The SMILES string of the molecule is CC(C)(C)C(C(=O)O)c1nn(Cc2nc3cc(C(F)(F)F)ccc3s2)c(=O)c2cccnc12. The molecule has 4 aromatic rings. The minimum absolute atomic E-state index is 0.117. The first-order chi connectivity index (χ1) is 15.4. The van der Waals surface area contributed by atoms with Crippen LogP contribution in [0.3, 0.4) is 0 Å². The number of nitrogens with zero attached hydrogens (tertiary/aromatic N) is 4. The van der Waals surface area contributed by atoms with Crippen molar-refractivity contribution >= 4 is 38.4 Å². The Hall–Kier alpha value is -3.34. The second-order valence-electron chi connectivity index (χ2n) is 8.67. The van der Waals surface area contributed by atoms with Crippen LogP contribution in [0, 0.1) is 5.41 Å². The van der Waals surface area contributed by atoms with E-state index in [1.807, 2.05) is 0 Å². The van der Waals surface area contributed by atoms with Gasteiger partial charge < -0.3 is 5.11 Å². The molecule has 0 spiro atoms. The average Bonchev–Trinajstić information content (AvgIpc) is 3.11. The minimum atomic E-state index is -4.49. The fourth-order valence-electron chi connectivity index (χ4n) is 3.69. The summed E-state index contributed by atoms with van der Waals surface area (Å²) in [4.78, 5) is 33.7. The van der Waals surface area contributed by atoms with E-state index in [0.717, 1.165) is 28.2 Å². The van der Waals surface area contributed by atoms with Crippen molar-refractivity contribution in [3.8, 4) is 0 Å². The van der Waals surface area contributed by atoms with Gasteiger partial charge in [-0.2, -0.15) is 18.3 Å². The lowest BCUT2D eigenvalue weighted by Gasteiger charge is -2.27.